The molecule has 7 nitrogen and oxygen atoms in total. The van der Waals surface area contributed by atoms with E-state index in [0.717, 1.165) is 21.7 Å². The van der Waals surface area contributed by atoms with E-state index in [-0.39, 0.29) is 11.9 Å². The third kappa shape index (κ3) is 2.82. The standard InChI is InChI=1S/C17H18N4O3S/c1-10(2)21-5-4-11(19-21)16(22)18-17-20(3)12-8-13-14(9-15(12)25-17)24-7-6-23-13/h4-5,8-10H,6-7H2,1-3H3. The Morgan fingerprint density at radius 2 is 2.00 bits per heavy atom. The molecule has 0 bridgehead atoms. The van der Waals surface area contributed by atoms with Gasteiger partial charge < -0.3 is 14.0 Å². The Morgan fingerprint density at radius 3 is 2.68 bits per heavy atom. The number of nitrogens with zero attached hydrogens (tertiary/aromatic N) is 4. The van der Waals surface area contributed by atoms with Crippen LogP contribution in [0.4, 0.5) is 0 Å². The van der Waals surface area contributed by atoms with E-state index in [2.05, 4.69) is 10.1 Å². The fourth-order valence-corrected chi connectivity index (χ4v) is 3.68. The van der Waals surface area contributed by atoms with Gasteiger partial charge in [-0.25, -0.2) is 0 Å². The van der Waals surface area contributed by atoms with Gasteiger partial charge in [0, 0.05) is 31.4 Å². The summed E-state index contributed by atoms with van der Waals surface area (Å²) in [7, 11) is 1.88. The van der Waals surface area contributed by atoms with E-state index in [1.807, 2.05) is 37.6 Å². The second-order valence-electron chi connectivity index (χ2n) is 6.10. The number of fused-ring (bicyclic) bond motifs is 2. The predicted molar refractivity (Wildman–Crippen MR) is 94.3 cm³/mol. The molecule has 3 aromatic rings. The maximum absolute atomic E-state index is 12.4. The molecular formula is C17H18N4O3S. The lowest BCUT2D eigenvalue weighted by Crippen LogP contribution is -2.16. The summed E-state index contributed by atoms with van der Waals surface area (Å²) in [5.41, 5.74) is 1.30. The zero-order valence-corrected chi connectivity index (χ0v) is 15.0. The summed E-state index contributed by atoms with van der Waals surface area (Å²) >= 11 is 1.44. The first kappa shape index (κ1) is 15.9. The summed E-state index contributed by atoms with van der Waals surface area (Å²) in [6, 6.07) is 5.76. The van der Waals surface area contributed by atoms with Crippen molar-refractivity contribution in [3.05, 3.63) is 34.9 Å². The molecule has 1 amide bonds. The number of thiazole rings is 1. The van der Waals surface area contributed by atoms with Gasteiger partial charge >= 0.3 is 0 Å². The van der Waals surface area contributed by atoms with Crippen LogP contribution in [0.3, 0.4) is 0 Å². The maximum Gasteiger partial charge on any atom is 0.300 e. The van der Waals surface area contributed by atoms with Gasteiger partial charge in [-0.05, 0) is 19.9 Å². The van der Waals surface area contributed by atoms with Crippen LogP contribution >= 0.6 is 11.3 Å². The van der Waals surface area contributed by atoms with Crippen LogP contribution in [-0.4, -0.2) is 33.5 Å². The average molecular weight is 358 g/mol. The van der Waals surface area contributed by atoms with Crippen LogP contribution in [0.2, 0.25) is 0 Å². The van der Waals surface area contributed by atoms with Gasteiger partial charge in [-0.15, -0.1) is 0 Å². The number of carbonyl (C=O) groups excluding carboxylic acids is 1. The Kier molecular flexibility index (Phi) is 3.84. The first-order chi connectivity index (χ1) is 12.0. The zero-order chi connectivity index (χ0) is 17.6. The minimum atomic E-state index is -0.348. The van der Waals surface area contributed by atoms with E-state index in [0.29, 0.717) is 23.7 Å². The smallest absolute Gasteiger partial charge is 0.300 e. The van der Waals surface area contributed by atoms with Crippen LogP contribution in [0, 0.1) is 0 Å². The number of aromatic nitrogens is 3. The lowest BCUT2D eigenvalue weighted by Gasteiger charge is -2.18. The van der Waals surface area contributed by atoms with E-state index < -0.39 is 0 Å². The predicted octanol–water partition coefficient (Wildman–Crippen LogP) is 2.53. The molecule has 0 unspecified atom stereocenters. The van der Waals surface area contributed by atoms with Gasteiger partial charge in [-0.1, -0.05) is 11.3 Å². The molecule has 2 aromatic heterocycles. The molecular weight excluding hydrogens is 340 g/mol. The quantitative estimate of drug-likeness (QED) is 0.706. The molecule has 0 fully saturated rings. The van der Waals surface area contributed by atoms with E-state index in [4.69, 9.17) is 9.47 Å². The van der Waals surface area contributed by atoms with Crippen molar-refractivity contribution < 1.29 is 14.3 Å². The molecule has 0 atom stereocenters. The van der Waals surface area contributed by atoms with Gasteiger partial charge in [0.05, 0.1) is 10.2 Å². The monoisotopic (exact) mass is 358 g/mol. The normalized spacial score (nSPS) is 14.5. The Labute approximate surface area is 148 Å². The van der Waals surface area contributed by atoms with Crippen molar-refractivity contribution in [1.29, 1.82) is 0 Å². The SMILES string of the molecule is CC(C)n1ccc(C(=O)N=c2sc3cc4c(cc3n2C)OCCO4)n1. The molecule has 1 aliphatic heterocycles. The van der Waals surface area contributed by atoms with Crippen LogP contribution in [0.25, 0.3) is 10.2 Å². The van der Waals surface area contributed by atoms with Crippen molar-refractivity contribution in [3.63, 3.8) is 0 Å². The summed E-state index contributed by atoms with van der Waals surface area (Å²) in [5.74, 6) is 1.11. The van der Waals surface area contributed by atoms with Crippen molar-refractivity contribution in [2.24, 2.45) is 12.0 Å². The van der Waals surface area contributed by atoms with Crippen molar-refractivity contribution in [2.45, 2.75) is 19.9 Å². The van der Waals surface area contributed by atoms with Gasteiger partial charge in [0.1, 0.15) is 13.2 Å². The first-order valence-corrected chi connectivity index (χ1v) is 8.88. The number of hydrogen-bond acceptors (Lipinski definition) is 5. The summed E-state index contributed by atoms with van der Waals surface area (Å²) in [4.78, 5) is 17.3. The maximum atomic E-state index is 12.4. The Bertz CT molecular complexity index is 1030. The molecule has 0 spiro atoms. The Morgan fingerprint density at radius 1 is 1.28 bits per heavy atom. The second-order valence-corrected chi connectivity index (χ2v) is 7.11. The highest BCUT2D eigenvalue weighted by atomic mass is 32.1. The number of aryl methyl sites for hydroxylation is 1. The zero-order valence-electron chi connectivity index (χ0n) is 14.2. The number of rotatable bonds is 2. The van der Waals surface area contributed by atoms with Crippen molar-refractivity contribution in [1.82, 2.24) is 14.3 Å². The topological polar surface area (TPSA) is 70.6 Å². The van der Waals surface area contributed by atoms with Gasteiger partial charge in [-0.3, -0.25) is 9.48 Å². The molecule has 130 valence electrons. The highest BCUT2D eigenvalue weighted by molar-refractivity contribution is 7.16. The van der Waals surface area contributed by atoms with Gasteiger partial charge in [0.2, 0.25) is 0 Å². The molecule has 8 heteroatoms. The van der Waals surface area contributed by atoms with Crippen molar-refractivity contribution in [3.8, 4) is 11.5 Å². The summed E-state index contributed by atoms with van der Waals surface area (Å²) in [5, 5.41) is 4.28. The summed E-state index contributed by atoms with van der Waals surface area (Å²) in [6.07, 6.45) is 1.79. The molecule has 0 radical (unpaired) electrons. The molecule has 25 heavy (non-hydrogen) atoms. The van der Waals surface area contributed by atoms with Crippen LogP contribution < -0.4 is 14.3 Å². The number of benzene rings is 1. The van der Waals surface area contributed by atoms with E-state index >= 15 is 0 Å². The summed E-state index contributed by atoms with van der Waals surface area (Å²) < 4.78 is 15.9. The molecule has 1 aromatic carbocycles. The van der Waals surface area contributed by atoms with Crippen molar-refractivity contribution >= 4 is 27.5 Å². The number of hydrogen-bond donors (Lipinski definition) is 0. The van der Waals surface area contributed by atoms with Gasteiger partial charge in [0.15, 0.2) is 22.0 Å². The lowest BCUT2D eigenvalue weighted by atomic mass is 10.3. The fraction of sp³-hybridized carbons (Fsp3) is 0.353. The average Bonchev–Trinajstić information content (AvgIpc) is 3.20. The Balaban J connectivity index is 1.76. The van der Waals surface area contributed by atoms with Crippen molar-refractivity contribution in [2.75, 3.05) is 13.2 Å². The largest absolute Gasteiger partial charge is 0.486 e. The fourth-order valence-electron chi connectivity index (χ4n) is 2.65. The van der Waals surface area contributed by atoms with Gasteiger partial charge in [-0.2, -0.15) is 10.1 Å². The first-order valence-electron chi connectivity index (χ1n) is 8.06. The molecule has 0 saturated carbocycles. The molecule has 0 aliphatic carbocycles. The Hall–Kier alpha value is -2.61. The number of ether oxygens (including phenoxy) is 2. The van der Waals surface area contributed by atoms with E-state index in [1.165, 1.54) is 11.3 Å². The molecule has 3 heterocycles. The third-order valence-corrected chi connectivity index (χ3v) is 5.12. The van der Waals surface area contributed by atoms with Crippen LogP contribution in [0.15, 0.2) is 29.4 Å². The second kappa shape index (κ2) is 6.03. The molecule has 4 rings (SSSR count). The molecule has 0 N–H and O–H groups in total. The van der Waals surface area contributed by atoms with E-state index in [9.17, 15) is 4.79 Å². The lowest BCUT2D eigenvalue weighted by molar-refractivity contribution is 0.0992. The third-order valence-electron chi connectivity index (χ3n) is 4.03. The minimum absolute atomic E-state index is 0.202. The minimum Gasteiger partial charge on any atom is -0.486 e. The highest BCUT2D eigenvalue weighted by Crippen LogP contribution is 2.35. The van der Waals surface area contributed by atoms with Crippen LogP contribution in [0.1, 0.15) is 30.4 Å². The molecule has 0 saturated heterocycles. The number of carbonyl (C=O) groups is 1. The van der Waals surface area contributed by atoms with Crippen LogP contribution in [0.5, 0.6) is 11.5 Å². The van der Waals surface area contributed by atoms with Crippen LogP contribution in [-0.2, 0) is 7.05 Å². The molecule has 1 aliphatic rings. The van der Waals surface area contributed by atoms with E-state index in [1.54, 1.807) is 16.9 Å². The summed E-state index contributed by atoms with van der Waals surface area (Å²) in [6.45, 7) is 5.11. The number of amides is 1. The highest BCUT2D eigenvalue weighted by Gasteiger charge is 2.16. The van der Waals surface area contributed by atoms with Gasteiger partial charge in [0.25, 0.3) is 5.91 Å².